The largest absolute Gasteiger partial charge is 0.334 e. The van der Waals surface area contributed by atoms with Gasteiger partial charge in [0.25, 0.3) is 0 Å². The van der Waals surface area contributed by atoms with Crippen LogP contribution >= 0.6 is 11.3 Å². The molecule has 3 aromatic rings. The molecule has 1 aromatic carbocycles. The van der Waals surface area contributed by atoms with Crippen LogP contribution in [0.2, 0.25) is 0 Å². The average Bonchev–Trinajstić information content (AvgIpc) is 3.43. The van der Waals surface area contributed by atoms with E-state index in [2.05, 4.69) is 52.5 Å². The third-order valence-corrected chi connectivity index (χ3v) is 6.32. The first-order valence-electron chi connectivity index (χ1n) is 10.2. The molecule has 0 amide bonds. The lowest BCUT2D eigenvalue weighted by atomic mass is 10.0. The number of anilines is 3. The molecule has 0 radical (unpaired) electrons. The highest BCUT2D eigenvalue weighted by Gasteiger charge is 2.29. The third kappa shape index (κ3) is 3.99. The molecule has 2 aromatic heterocycles. The van der Waals surface area contributed by atoms with E-state index in [1.807, 2.05) is 6.92 Å². The first-order chi connectivity index (χ1) is 14.6. The van der Waals surface area contributed by atoms with E-state index in [1.165, 1.54) is 16.9 Å². The lowest BCUT2D eigenvalue weighted by Crippen LogP contribution is -2.25. The van der Waals surface area contributed by atoms with Crippen molar-refractivity contribution >= 4 is 28.2 Å². The molecule has 0 saturated carbocycles. The Balaban J connectivity index is 1.67. The summed E-state index contributed by atoms with van der Waals surface area (Å²) in [6.07, 6.45) is 4.56. The fourth-order valence-corrected chi connectivity index (χ4v) is 4.56. The van der Waals surface area contributed by atoms with E-state index >= 15 is 0 Å². The van der Waals surface area contributed by atoms with Gasteiger partial charge < -0.3 is 16.0 Å². The van der Waals surface area contributed by atoms with E-state index in [-0.39, 0.29) is 6.04 Å². The van der Waals surface area contributed by atoms with Gasteiger partial charge in [-0.05, 0) is 37.3 Å². The van der Waals surface area contributed by atoms with Crippen molar-refractivity contribution in [2.24, 2.45) is 5.73 Å². The van der Waals surface area contributed by atoms with Crippen molar-refractivity contribution in [3.63, 3.8) is 0 Å². The summed E-state index contributed by atoms with van der Waals surface area (Å²) in [5, 5.41) is 13.1. The smallest absolute Gasteiger partial charge is 0.228 e. The van der Waals surface area contributed by atoms with Gasteiger partial charge in [-0.25, -0.2) is 9.97 Å². The summed E-state index contributed by atoms with van der Waals surface area (Å²) >= 11 is 1.32. The molecule has 3 N–H and O–H groups in total. The highest BCUT2D eigenvalue weighted by atomic mass is 32.1. The standard InChI is InChI=1S/C22H25N7S/c1-3-18-14(2)26-21(27-20(18)28-22-25-13-17(12-24)30-22)29-10-4-5-19(29)16-8-6-15(11-23)7-9-16/h6-9,13,19H,3-5,10-11,23H2,1-2H3,(H,25,26,27,28). The number of rotatable bonds is 6. The average molecular weight is 420 g/mol. The molecule has 1 fully saturated rings. The van der Waals surface area contributed by atoms with Crippen LogP contribution in [-0.4, -0.2) is 21.5 Å². The number of aryl methyl sites for hydroxylation is 1. The number of nitrogens with two attached hydrogens (primary N) is 1. The van der Waals surface area contributed by atoms with E-state index in [4.69, 9.17) is 21.0 Å². The Morgan fingerprint density at radius 3 is 2.77 bits per heavy atom. The molecule has 1 atom stereocenters. The molecule has 0 aliphatic carbocycles. The van der Waals surface area contributed by atoms with Gasteiger partial charge in [0, 0.05) is 24.3 Å². The van der Waals surface area contributed by atoms with Crippen LogP contribution in [0.5, 0.6) is 0 Å². The van der Waals surface area contributed by atoms with E-state index in [9.17, 15) is 0 Å². The van der Waals surface area contributed by atoms with Gasteiger partial charge in [0.1, 0.15) is 16.8 Å². The molecule has 1 aliphatic heterocycles. The normalized spacial score (nSPS) is 15.9. The van der Waals surface area contributed by atoms with E-state index in [0.29, 0.717) is 16.6 Å². The summed E-state index contributed by atoms with van der Waals surface area (Å²) in [6.45, 7) is 5.59. The second-order valence-electron chi connectivity index (χ2n) is 7.35. The van der Waals surface area contributed by atoms with Crippen LogP contribution in [-0.2, 0) is 13.0 Å². The molecule has 30 heavy (non-hydrogen) atoms. The fraction of sp³-hybridized carbons (Fsp3) is 0.364. The zero-order valence-electron chi connectivity index (χ0n) is 17.2. The Morgan fingerprint density at radius 2 is 2.10 bits per heavy atom. The van der Waals surface area contributed by atoms with Crippen molar-refractivity contribution in [2.75, 3.05) is 16.8 Å². The summed E-state index contributed by atoms with van der Waals surface area (Å²) in [5.41, 5.74) is 10.2. The lowest BCUT2D eigenvalue weighted by molar-refractivity contribution is 0.699. The first-order valence-corrected chi connectivity index (χ1v) is 11.0. The van der Waals surface area contributed by atoms with Crippen molar-refractivity contribution in [1.29, 1.82) is 5.26 Å². The zero-order valence-corrected chi connectivity index (χ0v) is 18.0. The monoisotopic (exact) mass is 419 g/mol. The molecule has 154 valence electrons. The number of aromatic nitrogens is 3. The van der Waals surface area contributed by atoms with Crippen molar-refractivity contribution < 1.29 is 0 Å². The van der Waals surface area contributed by atoms with E-state index in [0.717, 1.165) is 54.4 Å². The Labute approximate surface area is 180 Å². The zero-order chi connectivity index (χ0) is 21.1. The predicted octanol–water partition coefficient (Wildman–Crippen LogP) is 4.22. The topological polar surface area (TPSA) is 104 Å². The summed E-state index contributed by atoms with van der Waals surface area (Å²) in [6, 6.07) is 10.9. The minimum atomic E-state index is 0.251. The Kier molecular flexibility index (Phi) is 5.93. The van der Waals surface area contributed by atoms with Crippen LogP contribution in [0, 0.1) is 18.3 Å². The summed E-state index contributed by atoms with van der Waals surface area (Å²) in [5.74, 6) is 1.50. The molecule has 1 saturated heterocycles. The van der Waals surface area contributed by atoms with Gasteiger partial charge in [-0.15, -0.1) is 0 Å². The molecule has 8 heteroatoms. The molecule has 1 aliphatic rings. The highest BCUT2D eigenvalue weighted by molar-refractivity contribution is 7.16. The summed E-state index contributed by atoms with van der Waals surface area (Å²) in [7, 11) is 0. The third-order valence-electron chi connectivity index (χ3n) is 5.51. The minimum absolute atomic E-state index is 0.251. The van der Waals surface area contributed by atoms with Gasteiger partial charge in [-0.1, -0.05) is 42.5 Å². The van der Waals surface area contributed by atoms with Crippen LogP contribution < -0.4 is 16.0 Å². The molecule has 4 rings (SSSR count). The Hall–Kier alpha value is -3.02. The first kappa shape index (κ1) is 20.3. The molecule has 7 nitrogen and oxygen atoms in total. The van der Waals surface area contributed by atoms with E-state index < -0.39 is 0 Å². The van der Waals surface area contributed by atoms with E-state index in [1.54, 1.807) is 6.20 Å². The lowest BCUT2D eigenvalue weighted by Gasteiger charge is -2.26. The Morgan fingerprint density at radius 1 is 1.30 bits per heavy atom. The number of nitrogens with zero attached hydrogens (tertiary/aromatic N) is 5. The van der Waals surface area contributed by atoms with Crippen molar-refractivity contribution in [1.82, 2.24) is 15.0 Å². The molecule has 1 unspecified atom stereocenters. The van der Waals surface area contributed by atoms with Gasteiger partial charge in [0.15, 0.2) is 5.13 Å². The maximum atomic E-state index is 9.07. The van der Waals surface area contributed by atoms with Crippen molar-refractivity contribution in [3.8, 4) is 6.07 Å². The number of nitrogens with one attached hydrogen (secondary N) is 1. The second-order valence-corrected chi connectivity index (χ2v) is 8.38. The van der Waals surface area contributed by atoms with Gasteiger partial charge >= 0.3 is 0 Å². The maximum absolute atomic E-state index is 9.07. The van der Waals surface area contributed by atoms with Crippen LogP contribution in [0.3, 0.4) is 0 Å². The van der Waals surface area contributed by atoms with Crippen LogP contribution in [0.15, 0.2) is 30.5 Å². The van der Waals surface area contributed by atoms with Crippen LogP contribution in [0.25, 0.3) is 0 Å². The van der Waals surface area contributed by atoms with Gasteiger partial charge in [0.2, 0.25) is 5.95 Å². The van der Waals surface area contributed by atoms with Crippen LogP contribution in [0.4, 0.5) is 16.9 Å². The van der Waals surface area contributed by atoms with Gasteiger partial charge in [-0.2, -0.15) is 10.2 Å². The highest BCUT2D eigenvalue weighted by Crippen LogP contribution is 2.36. The maximum Gasteiger partial charge on any atom is 0.228 e. The predicted molar refractivity (Wildman–Crippen MR) is 120 cm³/mol. The number of nitriles is 1. The molecular weight excluding hydrogens is 394 g/mol. The molecule has 3 heterocycles. The fourth-order valence-electron chi connectivity index (χ4n) is 3.95. The molecule has 0 spiro atoms. The number of hydrogen-bond donors (Lipinski definition) is 2. The summed E-state index contributed by atoms with van der Waals surface area (Å²) < 4.78 is 0. The van der Waals surface area contributed by atoms with Gasteiger partial charge in [0.05, 0.1) is 12.2 Å². The number of thiazole rings is 1. The number of hydrogen-bond acceptors (Lipinski definition) is 8. The quantitative estimate of drug-likeness (QED) is 0.616. The molecule has 0 bridgehead atoms. The Bertz CT molecular complexity index is 1070. The van der Waals surface area contributed by atoms with Gasteiger partial charge in [-0.3, -0.25) is 0 Å². The van der Waals surface area contributed by atoms with Crippen LogP contribution in [0.1, 0.15) is 53.1 Å². The number of benzene rings is 1. The van der Waals surface area contributed by atoms with Crippen molar-refractivity contribution in [2.45, 2.75) is 45.7 Å². The molecular formula is C22H25N7S. The minimum Gasteiger partial charge on any atom is -0.334 e. The van der Waals surface area contributed by atoms with Crippen molar-refractivity contribution in [3.05, 3.63) is 57.7 Å². The second kappa shape index (κ2) is 8.78. The summed E-state index contributed by atoms with van der Waals surface area (Å²) in [4.78, 5) is 16.9. The SMILES string of the molecule is CCc1c(C)nc(N2CCCC2c2ccc(CN)cc2)nc1Nc1ncc(C#N)s1.